The minimum absolute atomic E-state index is 0.0713. The second-order valence-corrected chi connectivity index (χ2v) is 3.95. The van der Waals surface area contributed by atoms with Gasteiger partial charge in [-0.25, -0.2) is 0 Å². The Balaban J connectivity index is 2.87. The molecule has 1 unspecified atom stereocenters. The molecule has 0 heterocycles. The van der Waals surface area contributed by atoms with Crippen LogP contribution in [-0.2, 0) is 4.79 Å². The third kappa shape index (κ3) is 2.30. The lowest BCUT2D eigenvalue weighted by Gasteiger charge is -2.06. The van der Waals surface area contributed by atoms with Crippen molar-refractivity contribution in [1.29, 1.82) is 0 Å². The highest BCUT2D eigenvalue weighted by Gasteiger charge is 2.06. The molecule has 0 aliphatic heterocycles. The zero-order chi connectivity index (χ0) is 8.97. The van der Waals surface area contributed by atoms with Crippen LogP contribution < -0.4 is 0 Å². The van der Waals surface area contributed by atoms with Crippen LogP contribution in [-0.4, -0.2) is 6.29 Å². The van der Waals surface area contributed by atoms with Gasteiger partial charge in [-0.05, 0) is 46.7 Å². The van der Waals surface area contributed by atoms with Gasteiger partial charge in [-0.2, -0.15) is 0 Å². The third-order valence-electron chi connectivity index (χ3n) is 1.90. The summed E-state index contributed by atoms with van der Waals surface area (Å²) >= 11 is 2.26. The molecule has 0 bridgehead atoms. The number of rotatable bonds is 3. The van der Waals surface area contributed by atoms with E-state index in [0.717, 1.165) is 18.3 Å². The highest BCUT2D eigenvalue weighted by molar-refractivity contribution is 14.1. The number of halogens is 1. The minimum atomic E-state index is 0.0713. The topological polar surface area (TPSA) is 17.1 Å². The van der Waals surface area contributed by atoms with E-state index >= 15 is 0 Å². The Hall–Kier alpha value is -0.380. The molecular formula is C10H11IO. The summed E-state index contributed by atoms with van der Waals surface area (Å²) in [5.41, 5.74) is 1.12. The molecule has 0 fully saturated rings. The zero-order valence-electron chi connectivity index (χ0n) is 6.96. The van der Waals surface area contributed by atoms with Gasteiger partial charge in [0.05, 0.1) is 0 Å². The lowest BCUT2D eigenvalue weighted by molar-refractivity contribution is -0.109. The first kappa shape index (κ1) is 9.71. The number of benzene rings is 1. The Kier molecular flexibility index (Phi) is 3.72. The van der Waals surface area contributed by atoms with Gasteiger partial charge in [0.25, 0.3) is 0 Å². The van der Waals surface area contributed by atoms with E-state index in [1.54, 1.807) is 0 Å². The van der Waals surface area contributed by atoms with Crippen LogP contribution in [0.5, 0.6) is 0 Å². The Morgan fingerprint density at radius 3 is 2.42 bits per heavy atom. The molecule has 0 radical (unpaired) electrons. The largest absolute Gasteiger partial charge is 0.303 e. The molecule has 1 rings (SSSR count). The standard InChI is InChI=1S/C10H11IO/c1-2-8(7-12)9-3-5-10(11)6-4-9/h3-8H,2H2,1H3. The number of aldehydes is 1. The zero-order valence-corrected chi connectivity index (χ0v) is 9.11. The van der Waals surface area contributed by atoms with Crippen molar-refractivity contribution in [3.63, 3.8) is 0 Å². The quantitative estimate of drug-likeness (QED) is 0.611. The molecule has 1 aromatic carbocycles. The van der Waals surface area contributed by atoms with Crippen molar-refractivity contribution >= 4 is 28.9 Å². The van der Waals surface area contributed by atoms with E-state index in [9.17, 15) is 4.79 Å². The average Bonchev–Trinajstić information content (AvgIpc) is 2.10. The van der Waals surface area contributed by atoms with Gasteiger partial charge in [0.1, 0.15) is 6.29 Å². The molecule has 0 saturated carbocycles. The van der Waals surface area contributed by atoms with Gasteiger partial charge >= 0.3 is 0 Å². The third-order valence-corrected chi connectivity index (χ3v) is 2.62. The van der Waals surface area contributed by atoms with Crippen LogP contribution in [0, 0.1) is 3.57 Å². The van der Waals surface area contributed by atoms with Gasteiger partial charge in [-0.1, -0.05) is 19.1 Å². The molecule has 0 aliphatic rings. The Morgan fingerprint density at radius 2 is 2.00 bits per heavy atom. The highest BCUT2D eigenvalue weighted by atomic mass is 127. The average molecular weight is 274 g/mol. The van der Waals surface area contributed by atoms with Gasteiger partial charge in [0.2, 0.25) is 0 Å². The van der Waals surface area contributed by atoms with E-state index in [0.29, 0.717) is 0 Å². The lowest BCUT2D eigenvalue weighted by Crippen LogP contribution is -1.97. The molecule has 64 valence electrons. The van der Waals surface area contributed by atoms with Gasteiger partial charge in [0.15, 0.2) is 0 Å². The second-order valence-electron chi connectivity index (χ2n) is 2.70. The van der Waals surface area contributed by atoms with Crippen LogP contribution in [0.3, 0.4) is 0 Å². The van der Waals surface area contributed by atoms with E-state index < -0.39 is 0 Å². The van der Waals surface area contributed by atoms with E-state index in [4.69, 9.17) is 0 Å². The predicted molar refractivity (Wildman–Crippen MR) is 58.3 cm³/mol. The summed E-state index contributed by atoms with van der Waals surface area (Å²) in [6, 6.07) is 8.10. The monoisotopic (exact) mass is 274 g/mol. The molecule has 0 spiro atoms. The van der Waals surface area contributed by atoms with Crippen molar-refractivity contribution in [3.05, 3.63) is 33.4 Å². The number of hydrogen-bond donors (Lipinski definition) is 0. The fourth-order valence-electron chi connectivity index (χ4n) is 1.12. The maximum absolute atomic E-state index is 10.6. The summed E-state index contributed by atoms with van der Waals surface area (Å²) in [4.78, 5) is 10.6. The van der Waals surface area contributed by atoms with Crippen molar-refractivity contribution in [2.45, 2.75) is 19.3 Å². The van der Waals surface area contributed by atoms with Crippen LogP contribution in [0.4, 0.5) is 0 Å². The SMILES string of the molecule is CCC(C=O)c1ccc(I)cc1. The molecular weight excluding hydrogens is 263 g/mol. The first-order chi connectivity index (χ1) is 5.77. The number of hydrogen-bond acceptors (Lipinski definition) is 1. The molecule has 0 aromatic heterocycles. The number of carbonyl (C=O) groups is 1. The summed E-state index contributed by atoms with van der Waals surface area (Å²) in [5.74, 6) is 0.0713. The van der Waals surface area contributed by atoms with Crippen molar-refractivity contribution in [3.8, 4) is 0 Å². The second kappa shape index (κ2) is 4.60. The van der Waals surface area contributed by atoms with E-state index in [1.807, 2.05) is 31.2 Å². The normalized spacial score (nSPS) is 12.5. The lowest BCUT2D eigenvalue weighted by atomic mass is 9.98. The van der Waals surface area contributed by atoms with E-state index in [-0.39, 0.29) is 5.92 Å². The van der Waals surface area contributed by atoms with Crippen LogP contribution in [0.15, 0.2) is 24.3 Å². The van der Waals surface area contributed by atoms with E-state index in [2.05, 4.69) is 22.6 Å². The maximum atomic E-state index is 10.6. The molecule has 1 aromatic rings. The van der Waals surface area contributed by atoms with Gasteiger partial charge in [-0.3, -0.25) is 0 Å². The fraction of sp³-hybridized carbons (Fsp3) is 0.300. The smallest absolute Gasteiger partial charge is 0.127 e. The fourth-order valence-corrected chi connectivity index (χ4v) is 1.48. The first-order valence-corrected chi connectivity index (χ1v) is 5.06. The van der Waals surface area contributed by atoms with Gasteiger partial charge in [0, 0.05) is 9.49 Å². The van der Waals surface area contributed by atoms with Crippen LogP contribution in [0.25, 0.3) is 0 Å². The highest BCUT2D eigenvalue weighted by Crippen LogP contribution is 2.17. The molecule has 12 heavy (non-hydrogen) atoms. The molecule has 1 atom stereocenters. The molecule has 0 amide bonds. The molecule has 0 aliphatic carbocycles. The molecule has 0 saturated heterocycles. The maximum Gasteiger partial charge on any atom is 0.127 e. The van der Waals surface area contributed by atoms with Crippen molar-refractivity contribution in [1.82, 2.24) is 0 Å². The molecule has 0 N–H and O–H groups in total. The summed E-state index contributed by atoms with van der Waals surface area (Å²) < 4.78 is 1.21. The Labute approximate surface area is 86.3 Å². The molecule has 2 heteroatoms. The van der Waals surface area contributed by atoms with E-state index in [1.165, 1.54) is 3.57 Å². The van der Waals surface area contributed by atoms with Crippen LogP contribution in [0.1, 0.15) is 24.8 Å². The predicted octanol–water partition coefficient (Wildman–Crippen LogP) is 2.98. The minimum Gasteiger partial charge on any atom is -0.303 e. The summed E-state index contributed by atoms with van der Waals surface area (Å²) in [6.07, 6.45) is 1.90. The Morgan fingerprint density at radius 1 is 1.42 bits per heavy atom. The van der Waals surface area contributed by atoms with Crippen molar-refractivity contribution in [2.24, 2.45) is 0 Å². The van der Waals surface area contributed by atoms with Gasteiger partial charge in [-0.15, -0.1) is 0 Å². The summed E-state index contributed by atoms with van der Waals surface area (Å²) in [5, 5.41) is 0. The first-order valence-electron chi connectivity index (χ1n) is 3.98. The number of carbonyl (C=O) groups excluding carboxylic acids is 1. The Bertz CT molecular complexity index is 253. The van der Waals surface area contributed by atoms with Crippen LogP contribution >= 0.6 is 22.6 Å². The van der Waals surface area contributed by atoms with Gasteiger partial charge < -0.3 is 4.79 Å². The van der Waals surface area contributed by atoms with Crippen LogP contribution in [0.2, 0.25) is 0 Å². The van der Waals surface area contributed by atoms with Crippen molar-refractivity contribution < 1.29 is 4.79 Å². The summed E-state index contributed by atoms with van der Waals surface area (Å²) in [7, 11) is 0. The molecule has 1 nitrogen and oxygen atoms in total. The van der Waals surface area contributed by atoms with Crippen molar-refractivity contribution in [2.75, 3.05) is 0 Å². The summed E-state index contributed by atoms with van der Waals surface area (Å²) in [6.45, 7) is 2.02.